The number of piperazine rings is 1. The molecule has 0 unspecified atom stereocenters. The van der Waals surface area contributed by atoms with Crippen LogP contribution >= 0.6 is 12.4 Å². The maximum atomic E-state index is 14.1. The maximum Gasteiger partial charge on any atom is 0.251 e. The molecule has 2 aromatic carbocycles. The number of aliphatic hydroxyl groups excluding tert-OH is 1. The second-order valence-corrected chi connectivity index (χ2v) is 12.7. The Morgan fingerprint density at radius 2 is 1.64 bits per heavy atom. The fourth-order valence-corrected chi connectivity index (χ4v) is 7.15. The van der Waals surface area contributed by atoms with Crippen molar-refractivity contribution in [2.24, 2.45) is 5.92 Å². The number of aromatic nitrogens is 1. The number of carbonyl (C=O) groups excluding carboxylic acids is 3. The monoisotopic (exact) mass is 661 g/mol. The summed E-state index contributed by atoms with van der Waals surface area (Å²) >= 11 is 0. The molecular formula is C36H44ClN5O5. The summed E-state index contributed by atoms with van der Waals surface area (Å²) in [7, 11) is 1.60. The molecule has 2 saturated heterocycles. The molecule has 3 aromatic rings. The normalized spacial score (nSPS) is 20.6. The van der Waals surface area contributed by atoms with E-state index in [-0.39, 0.29) is 42.6 Å². The molecule has 47 heavy (non-hydrogen) atoms. The number of pyridine rings is 1. The summed E-state index contributed by atoms with van der Waals surface area (Å²) in [5.74, 6) is 0.825. The minimum atomic E-state index is -0.987. The highest BCUT2D eigenvalue weighted by Gasteiger charge is 2.55. The van der Waals surface area contributed by atoms with E-state index in [4.69, 9.17) is 4.74 Å². The smallest absolute Gasteiger partial charge is 0.251 e. The predicted octanol–water partition coefficient (Wildman–Crippen LogP) is 4.46. The molecule has 1 spiro atoms. The molecule has 250 valence electrons. The zero-order valence-corrected chi connectivity index (χ0v) is 27.6. The SMILES string of the molecule is CNC(=O)c1ccc(Oc2ccc(CN3CCC4(CC3)C(=O)N[C@H]([C@H](O)C3CCCCC3)C(=O)N4Cc3ccccn3)cc2)cc1.Cl. The minimum Gasteiger partial charge on any atom is -0.457 e. The number of rotatable bonds is 9. The number of nitrogens with one attached hydrogen (secondary N) is 2. The summed E-state index contributed by atoms with van der Waals surface area (Å²) in [6, 6.07) is 19.6. The van der Waals surface area contributed by atoms with E-state index in [0.29, 0.717) is 49.5 Å². The molecular weight excluding hydrogens is 618 g/mol. The first-order valence-electron chi connectivity index (χ1n) is 16.4. The molecule has 1 aliphatic carbocycles. The van der Waals surface area contributed by atoms with Gasteiger partial charge in [0.25, 0.3) is 5.91 Å². The average molecular weight is 662 g/mol. The van der Waals surface area contributed by atoms with Gasteiger partial charge in [-0.15, -0.1) is 12.4 Å². The molecule has 2 atom stereocenters. The molecule has 2 aliphatic heterocycles. The van der Waals surface area contributed by atoms with Gasteiger partial charge in [0.15, 0.2) is 0 Å². The third-order valence-corrected chi connectivity index (χ3v) is 9.87. The van der Waals surface area contributed by atoms with E-state index in [1.54, 1.807) is 42.4 Å². The Kier molecular flexibility index (Phi) is 11.2. The summed E-state index contributed by atoms with van der Waals surface area (Å²) < 4.78 is 5.96. The number of hydrogen-bond acceptors (Lipinski definition) is 7. The van der Waals surface area contributed by atoms with Crippen LogP contribution in [-0.2, 0) is 22.7 Å². The number of likely N-dealkylation sites (tertiary alicyclic amines) is 1. The lowest BCUT2D eigenvalue weighted by Gasteiger charge is -2.52. The van der Waals surface area contributed by atoms with Crippen molar-refractivity contribution in [3.63, 3.8) is 0 Å². The van der Waals surface area contributed by atoms with Gasteiger partial charge in [-0.1, -0.05) is 37.5 Å². The van der Waals surface area contributed by atoms with Gasteiger partial charge >= 0.3 is 0 Å². The highest BCUT2D eigenvalue weighted by Crippen LogP contribution is 2.37. The lowest BCUT2D eigenvalue weighted by molar-refractivity contribution is -0.167. The molecule has 11 heteroatoms. The van der Waals surface area contributed by atoms with Crippen molar-refractivity contribution in [3.8, 4) is 11.5 Å². The first kappa shape index (κ1) is 34.3. The molecule has 1 saturated carbocycles. The van der Waals surface area contributed by atoms with Crippen molar-refractivity contribution in [3.05, 3.63) is 89.7 Å². The maximum absolute atomic E-state index is 14.1. The molecule has 3 N–H and O–H groups in total. The van der Waals surface area contributed by atoms with Crippen LogP contribution in [0.5, 0.6) is 11.5 Å². The number of ether oxygens (including phenoxy) is 1. The highest BCUT2D eigenvalue weighted by atomic mass is 35.5. The van der Waals surface area contributed by atoms with E-state index in [1.807, 2.05) is 42.5 Å². The number of halogens is 1. The van der Waals surface area contributed by atoms with E-state index in [0.717, 1.165) is 43.4 Å². The molecule has 3 aliphatic rings. The van der Waals surface area contributed by atoms with Crippen molar-refractivity contribution in [2.45, 2.75) is 75.7 Å². The minimum absolute atomic E-state index is 0. The van der Waals surface area contributed by atoms with E-state index < -0.39 is 17.7 Å². The van der Waals surface area contributed by atoms with E-state index in [9.17, 15) is 19.5 Å². The fraction of sp³-hybridized carbons (Fsp3) is 0.444. The third-order valence-electron chi connectivity index (χ3n) is 9.87. The predicted molar refractivity (Wildman–Crippen MR) is 180 cm³/mol. The van der Waals surface area contributed by atoms with E-state index in [1.165, 1.54) is 0 Å². The molecule has 3 amide bonds. The van der Waals surface area contributed by atoms with Gasteiger partial charge in [0, 0.05) is 38.4 Å². The van der Waals surface area contributed by atoms with Crippen LogP contribution < -0.4 is 15.4 Å². The van der Waals surface area contributed by atoms with Gasteiger partial charge in [-0.05, 0) is 85.7 Å². The molecule has 0 radical (unpaired) electrons. The van der Waals surface area contributed by atoms with Crippen LogP contribution in [0.25, 0.3) is 0 Å². The average Bonchev–Trinajstić information content (AvgIpc) is 3.10. The van der Waals surface area contributed by atoms with Crippen LogP contribution in [0, 0.1) is 5.92 Å². The molecule has 1 aromatic heterocycles. The Morgan fingerprint density at radius 3 is 2.26 bits per heavy atom. The number of benzene rings is 2. The number of amides is 3. The van der Waals surface area contributed by atoms with E-state index >= 15 is 0 Å². The number of piperidine rings is 1. The van der Waals surface area contributed by atoms with Crippen LogP contribution in [-0.4, -0.2) is 75.4 Å². The van der Waals surface area contributed by atoms with Gasteiger partial charge in [0.1, 0.15) is 23.1 Å². The van der Waals surface area contributed by atoms with Crippen molar-refractivity contribution < 1.29 is 24.2 Å². The van der Waals surface area contributed by atoms with Crippen LogP contribution in [0.2, 0.25) is 0 Å². The third kappa shape index (κ3) is 7.61. The molecule has 3 heterocycles. The Balaban J connectivity index is 0.00000433. The zero-order chi connectivity index (χ0) is 32.1. The van der Waals surface area contributed by atoms with Gasteiger partial charge in [0.2, 0.25) is 11.8 Å². The largest absolute Gasteiger partial charge is 0.457 e. The lowest BCUT2D eigenvalue weighted by atomic mass is 9.78. The van der Waals surface area contributed by atoms with Crippen LogP contribution in [0.15, 0.2) is 72.9 Å². The first-order chi connectivity index (χ1) is 22.4. The summed E-state index contributed by atoms with van der Waals surface area (Å²) in [6.45, 7) is 2.23. The van der Waals surface area contributed by atoms with Crippen LogP contribution in [0.4, 0.5) is 0 Å². The van der Waals surface area contributed by atoms with Crippen molar-refractivity contribution >= 4 is 30.1 Å². The lowest BCUT2D eigenvalue weighted by Crippen LogP contribution is -2.74. The quantitative estimate of drug-likeness (QED) is 0.309. The van der Waals surface area contributed by atoms with Gasteiger partial charge < -0.3 is 25.4 Å². The summed E-state index contributed by atoms with van der Waals surface area (Å²) in [4.78, 5) is 48.3. The molecule has 10 nitrogen and oxygen atoms in total. The molecule has 3 fully saturated rings. The number of carbonyl (C=O) groups is 3. The Morgan fingerprint density at radius 1 is 0.979 bits per heavy atom. The summed E-state index contributed by atoms with van der Waals surface area (Å²) in [6.07, 6.45) is 6.78. The van der Waals surface area contributed by atoms with Gasteiger partial charge in [-0.25, -0.2) is 0 Å². The van der Waals surface area contributed by atoms with Gasteiger partial charge in [0.05, 0.1) is 18.3 Å². The van der Waals surface area contributed by atoms with Crippen molar-refractivity contribution in [1.82, 2.24) is 25.4 Å². The Labute approximate surface area is 282 Å². The van der Waals surface area contributed by atoms with Gasteiger partial charge in [-0.2, -0.15) is 0 Å². The van der Waals surface area contributed by atoms with Crippen molar-refractivity contribution in [1.29, 1.82) is 0 Å². The highest BCUT2D eigenvalue weighted by molar-refractivity contribution is 6.00. The number of nitrogens with zero attached hydrogens (tertiary/aromatic N) is 3. The Bertz CT molecular complexity index is 1510. The number of aliphatic hydroxyl groups is 1. The van der Waals surface area contributed by atoms with Gasteiger partial charge in [-0.3, -0.25) is 24.3 Å². The summed E-state index contributed by atoms with van der Waals surface area (Å²) in [5.41, 5.74) is 1.42. The van der Waals surface area contributed by atoms with Crippen LogP contribution in [0.1, 0.15) is 66.6 Å². The van der Waals surface area contributed by atoms with Crippen molar-refractivity contribution in [2.75, 3.05) is 20.1 Å². The number of hydrogen-bond donors (Lipinski definition) is 3. The fourth-order valence-electron chi connectivity index (χ4n) is 7.15. The van der Waals surface area contributed by atoms with E-state index in [2.05, 4.69) is 20.5 Å². The summed E-state index contributed by atoms with van der Waals surface area (Å²) in [5, 5.41) is 16.9. The molecule has 0 bridgehead atoms. The second-order valence-electron chi connectivity index (χ2n) is 12.7. The van der Waals surface area contributed by atoms with Crippen LogP contribution in [0.3, 0.4) is 0 Å². The topological polar surface area (TPSA) is 124 Å². The Hall–Kier alpha value is -3.99. The molecule has 6 rings (SSSR count). The first-order valence-corrected chi connectivity index (χ1v) is 16.4. The standard InChI is InChI=1S/C36H43N5O5.ClH/c1-37-33(43)27-12-16-30(17-13-27)46-29-14-10-25(11-15-29)23-40-21-18-36(19-22-40)35(45)39-31(32(42)26-7-3-2-4-8-26)34(44)41(36)24-28-9-5-6-20-38-28;/h5-6,9-17,20,26,31-32,42H,2-4,7-8,18-19,21-24H2,1H3,(H,37,43)(H,39,45);1H/t31-,32-;/m1./s1. The second kappa shape index (κ2) is 15.3. The zero-order valence-electron chi connectivity index (χ0n) is 26.8.